The second-order valence-corrected chi connectivity index (χ2v) is 14.2. The maximum atomic E-state index is 13.2. The molecule has 2 aromatic heterocycles. The van der Waals surface area contributed by atoms with Gasteiger partial charge in [0.25, 0.3) is 0 Å². The minimum absolute atomic E-state index is 0.215. The molecule has 0 aliphatic carbocycles. The van der Waals surface area contributed by atoms with Crippen LogP contribution < -0.4 is 26.0 Å². The number of nitrogens with one attached hydrogen (secondary N) is 5. The number of carbonyl (C=O) groups is 2. The lowest BCUT2D eigenvalue weighted by Crippen LogP contribution is -2.16. The molecule has 0 radical (unpaired) electrons. The van der Waals surface area contributed by atoms with Crippen LogP contribution in [0.25, 0.3) is 10.9 Å². The Morgan fingerprint density at radius 1 is 0.806 bits per heavy atom. The van der Waals surface area contributed by atoms with E-state index in [0.29, 0.717) is 62.0 Å². The summed E-state index contributed by atoms with van der Waals surface area (Å²) in [6.45, 7) is 24.4. The van der Waals surface area contributed by atoms with E-state index in [-0.39, 0.29) is 17.8 Å². The van der Waals surface area contributed by atoms with Gasteiger partial charge in [0.05, 0.1) is 0 Å². The van der Waals surface area contributed by atoms with Gasteiger partial charge in [-0.25, -0.2) is 4.39 Å². The van der Waals surface area contributed by atoms with Crippen molar-refractivity contribution in [1.29, 1.82) is 0 Å². The maximum absolute atomic E-state index is 13.2. The monoisotopic (exact) mass is 861 g/mol. The third-order valence-electron chi connectivity index (χ3n) is 8.22. The van der Waals surface area contributed by atoms with Gasteiger partial charge in [-0.1, -0.05) is 118 Å². The van der Waals surface area contributed by atoms with Crippen LogP contribution in [0.5, 0.6) is 5.75 Å². The molecule has 2 heterocycles. The number of halogens is 1. The van der Waals surface area contributed by atoms with Gasteiger partial charge in [-0.3, -0.25) is 9.59 Å². The standard InChI is InChI=1S/C17H25FN6.C12H15N.C11H13NO3.C5H12O.2C2H6/c1-4-5-9-19-15-22-16(24-17(23-15)21-12(2)3)20-11-13-7-6-8-14(18)10-13;1-2-3-6-10-9-13-12-8-5-4-7-11(10)12;1-2-11(14)15-10-5-3-9(4-6-10)7-12-8-13;1-5(2)3-4-6;2*1-2/h6-8,10,12H,4-5,9,11H2,1-3H3,(H3,19,20,21,22,23,24);4-5,7-9,13H,2-3,6H2,1H3;3-6,8H,2,7H2,1H3,(H,12,13);5-6H,3-4H2,1-2H3;2*1-2H3. The highest BCUT2D eigenvalue weighted by Crippen LogP contribution is 2.19. The number of aromatic amines is 1. The van der Waals surface area contributed by atoms with Crippen molar-refractivity contribution in [1.82, 2.24) is 25.3 Å². The van der Waals surface area contributed by atoms with Crippen LogP contribution in [0.15, 0.2) is 79.0 Å². The number of ether oxygens (including phenoxy) is 1. The third-order valence-corrected chi connectivity index (χ3v) is 8.22. The Morgan fingerprint density at radius 3 is 2.02 bits per heavy atom. The Labute approximate surface area is 371 Å². The van der Waals surface area contributed by atoms with E-state index in [1.54, 1.807) is 37.3 Å². The summed E-state index contributed by atoms with van der Waals surface area (Å²) in [5.41, 5.74) is 4.50. The number of H-pyrrole nitrogens is 1. The number of unbranched alkanes of at least 4 members (excludes halogenated alkanes) is 2. The first-order valence-corrected chi connectivity index (χ1v) is 22.4. The molecule has 5 rings (SSSR count). The molecule has 1 amide bonds. The molecular formula is C49H77FN8O4. The smallest absolute Gasteiger partial charge is 0.310 e. The van der Waals surface area contributed by atoms with Crippen molar-refractivity contribution in [3.05, 3.63) is 102 Å². The van der Waals surface area contributed by atoms with Gasteiger partial charge in [0.15, 0.2) is 0 Å². The molecule has 13 heteroatoms. The quantitative estimate of drug-likeness (QED) is 0.0204. The summed E-state index contributed by atoms with van der Waals surface area (Å²) in [4.78, 5) is 37.4. The molecule has 0 bridgehead atoms. The molecule has 0 atom stereocenters. The van der Waals surface area contributed by atoms with Gasteiger partial charge in [0.2, 0.25) is 24.3 Å². The first kappa shape index (κ1) is 56.4. The zero-order chi connectivity index (χ0) is 46.5. The molecule has 6 N–H and O–H groups in total. The number of rotatable bonds is 19. The van der Waals surface area contributed by atoms with E-state index in [4.69, 9.17) is 9.84 Å². The van der Waals surface area contributed by atoms with E-state index in [9.17, 15) is 14.0 Å². The molecule has 62 heavy (non-hydrogen) atoms. The summed E-state index contributed by atoms with van der Waals surface area (Å²) < 4.78 is 18.2. The summed E-state index contributed by atoms with van der Waals surface area (Å²) in [6.07, 6.45) is 9.95. The minimum Gasteiger partial charge on any atom is -0.427 e. The lowest BCUT2D eigenvalue weighted by Gasteiger charge is -2.12. The number of aliphatic hydroxyl groups is 1. The Morgan fingerprint density at radius 2 is 1.45 bits per heavy atom. The lowest BCUT2D eigenvalue weighted by atomic mass is 10.1. The van der Waals surface area contributed by atoms with Crippen molar-refractivity contribution in [3.63, 3.8) is 0 Å². The Bertz CT molecular complexity index is 1870. The Balaban J connectivity index is 0.000000845. The van der Waals surface area contributed by atoms with E-state index < -0.39 is 0 Å². The number of aromatic nitrogens is 4. The highest BCUT2D eigenvalue weighted by Gasteiger charge is 2.08. The topological polar surface area (TPSA) is 166 Å². The lowest BCUT2D eigenvalue weighted by molar-refractivity contribution is -0.134. The van der Waals surface area contributed by atoms with E-state index in [0.717, 1.165) is 36.9 Å². The van der Waals surface area contributed by atoms with Crippen LogP contribution in [-0.2, 0) is 29.1 Å². The first-order chi connectivity index (χ1) is 30.0. The van der Waals surface area contributed by atoms with E-state index in [1.807, 2.05) is 47.6 Å². The number of fused-ring (bicyclic) bond motifs is 1. The van der Waals surface area contributed by atoms with Crippen LogP contribution >= 0.6 is 0 Å². The number of benzene rings is 3. The molecule has 5 aromatic rings. The van der Waals surface area contributed by atoms with Crippen molar-refractivity contribution in [2.75, 3.05) is 29.1 Å². The van der Waals surface area contributed by atoms with Crippen molar-refractivity contribution in [2.45, 2.75) is 140 Å². The van der Waals surface area contributed by atoms with Crippen LogP contribution in [-0.4, -0.2) is 56.6 Å². The SMILES string of the molecule is CC.CC.CC(C)CCO.CCC(=O)Oc1ccc(CNC=O)cc1.CCCCNc1nc(NCc2cccc(F)c2)nc(NC(C)C)n1.CCCCc1c[nH]c2ccccc12. The van der Waals surface area contributed by atoms with Crippen LogP contribution in [0, 0.1) is 11.7 Å². The van der Waals surface area contributed by atoms with Gasteiger partial charge < -0.3 is 36.1 Å². The molecule has 0 saturated heterocycles. The number of hydrogen-bond donors (Lipinski definition) is 6. The molecular weight excluding hydrogens is 784 g/mol. The fourth-order valence-electron chi connectivity index (χ4n) is 5.06. The van der Waals surface area contributed by atoms with Crippen molar-refractivity contribution < 1.29 is 23.8 Å². The summed E-state index contributed by atoms with van der Waals surface area (Å²) in [6, 6.07) is 22.2. The molecule has 3 aromatic carbocycles. The second kappa shape index (κ2) is 36.1. The molecule has 12 nitrogen and oxygen atoms in total. The number of aryl methyl sites for hydroxylation is 1. The summed E-state index contributed by atoms with van der Waals surface area (Å²) in [5, 5.41) is 21.7. The number of amides is 1. The number of aliphatic hydroxyl groups excluding tert-OH is 1. The average molecular weight is 861 g/mol. The Hall–Kier alpha value is -5.56. The average Bonchev–Trinajstić information content (AvgIpc) is 3.69. The second-order valence-electron chi connectivity index (χ2n) is 14.2. The van der Waals surface area contributed by atoms with Crippen LogP contribution in [0.1, 0.15) is 131 Å². The van der Waals surface area contributed by atoms with Gasteiger partial charge in [0.1, 0.15) is 11.6 Å². The normalized spacial score (nSPS) is 9.85. The van der Waals surface area contributed by atoms with E-state index in [2.05, 4.69) is 99.4 Å². The van der Waals surface area contributed by atoms with E-state index in [1.165, 1.54) is 47.9 Å². The van der Waals surface area contributed by atoms with Gasteiger partial charge in [-0.2, -0.15) is 15.0 Å². The maximum Gasteiger partial charge on any atom is 0.310 e. The number of esters is 1. The number of para-hydroxylation sites is 1. The number of hydrogen-bond acceptors (Lipinski definition) is 10. The molecule has 0 unspecified atom stereocenters. The summed E-state index contributed by atoms with van der Waals surface area (Å²) in [5.74, 6) is 2.16. The van der Waals surface area contributed by atoms with Crippen LogP contribution in [0.2, 0.25) is 0 Å². The fourth-order valence-corrected chi connectivity index (χ4v) is 5.06. The summed E-state index contributed by atoms with van der Waals surface area (Å²) >= 11 is 0. The predicted molar refractivity (Wildman–Crippen MR) is 257 cm³/mol. The largest absolute Gasteiger partial charge is 0.427 e. The minimum atomic E-state index is -0.256. The van der Waals surface area contributed by atoms with Crippen molar-refractivity contribution in [3.8, 4) is 5.75 Å². The van der Waals surface area contributed by atoms with Crippen LogP contribution in [0.3, 0.4) is 0 Å². The van der Waals surface area contributed by atoms with Gasteiger partial charge in [-0.05, 0) is 92.5 Å². The predicted octanol–water partition coefficient (Wildman–Crippen LogP) is 11.5. The van der Waals surface area contributed by atoms with Gasteiger partial charge in [0, 0.05) is 55.8 Å². The number of anilines is 3. The van der Waals surface area contributed by atoms with Crippen molar-refractivity contribution >= 4 is 41.1 Å². The van der Waals surface area contributed by atoms with Gasteiger partial charge in [-0.15, -0.1) is 0 Å². The zero-order valence-corrected chi connectivity index (χ0v) is 39.4. The van der Waals surface area contributed by atoms with Crippen LogP contribution in [0.4, 0.5) is 22.2 Å². The number of carbonyl (C=O) groups excluding carboxylic acids is 2. The van der Waals surface area contributed by atoms with E-state index >= 15 is 0 Å². The van der Waals surface area contributed by atoms with Gasteiger partial charge >= 0.3 is 5.97 Å². The third kappa shape index (κ3) is 25.9. The molecule has 0 aliphatic rings. The fraction of sp³-hybridized carbons (Fsp3) is 0.490. The number of nitrogens with zero attached hydrogens (tertiary/aromatic N) is 3. The molecule has 0 saturated carbocycles. The molecule has 0 spiro atoms. The first-order valence-electron chi connectivity index (χ1n) is 22.4. The molecule has 0 aliphatic heterocycles. The summed E-state index contributed by atoms with van der Waals surface area (Å²) in [7, 11) is 0. The highest BCUT2D eigenvalue weighted by atomic mass is 19.1. The molecule has 344 valence electrons. The molecule has 0 fully saturated rings. The zero-order valence-electron chi connectivity index (χ0n) is 39.4. The van der Waals surface area contributed by atoms with Crippen molar-refractivity contribution in [2.24, 2.45) is 5.92 Å². The Kier molecular flexibility index (Phi) is 32.9. The highest BCUT2D eigenvalue weighted by molar-refractivity contribution is 5.83.